The molecule has 5 heteroatoms. The highest BCUT2D eigenvalue weighted by atomic mass is 32.2. The van der Waals surface area contributed by atoms with Crippen LogP contribution in [-0.4, -0.2) is 28.4 Å². The van der Waals surface area contributed by atoms with Gasteiger partial charge in [-0.2, -0.15) is 0 Å². The van der Waals surface area contributed by atoms with Crippen LogP contribution in [0.5, 0.6) is 0 Å². The lowest BCUT2D eigenvalue weighted by atomic mass is 10.0. The molecule has 0 saturated carbocycles. The van der Waals surface area contributed by atoms with Crippen LogP contribution in [0.2, 0.25) is 0 Å². The summed E-state index contributed by atoms with van der Waals surface area (Å²) >= 11 is 6.83. The van der Waals surface area contributed by atoms with Crippen LogP contribution in [0.15, 0.2) is 53.4 Å². The van der Waals surface area contributed by atoms with Gasteiger partial charge in [0.2, 0.25) is 0 Å². The van der Waals surface area contributed by atoms with Crippen LogP contribution in [0.3, 0.4) is 0 Å². The Morgan fingerprint density at radius 1 is 0.955 bits per heavy atom. The van der Waals surface area contributed by atoms with Crippen LogP contribution < -0.4 is 0 Å². The molecule has 0 radical (unpaired) electrons. The van der Waals surface area contributed by atoms with E-state index in [-0.39, 0.29) is 11.0 Å². The second-order valence-corrected chi connectivity index (χ2v) is 5.99. The smallest absolute Gasteiger partial charge is 0.169 e. The van der Waals surface area contributed by atoms with Gasteiger partial charge in [0.1, 0.15) is 0 Å². The first-order valence-electron chi connectivity index (χ1n) is 6.64. The molecule has 0 aliphatic rings. The minimum atomic E-state index is 0. The standard InChI is InChI=1S/C17H18OS2.2H2O/c1-3-18-17(19)12-20-16-10-8-15(9-11-16)14-6-4-13(2)5-7-14;;/h4-11H,3,12H2,1-2H3;2*1H2. The van der Waals surface area contributed by atoms with Crippen molar-refractivity contribution in [3.63, 3.8) is 0 Å². The molecule has 0 aromatic heterocycles. The molecular weight excluding hydrogens is 316 g/mol. The molecule has 0 atom stereocenters. The van der Waals surface area contributed by atoms with Crippen molar-refractivity contribution in [2.75, 3.05) is 12.4 Å². The number of thiocarbonyl (C=S) groups is 1. The van der Waals surface area contributed by atoms with Crippen LogP contribution in [0.4, 0.5) is 0 Å². The number of rotatable bonds is 5. The molecule has 0 heterocycles. The topological polar surface area (TPSA) is 72.2 Å². The Bertz CT molecular complexity index is 565. The molecular formula is C17H22O3S2. The minimum Gasteiger partial charge on any atom is -0.486 e. The normalized spacial score (nSPS) is 9.36. The van der Waals surface area contributed by atoms with E-state index < -0.39 is 0 Å². The Kier molecular flexibility index (Phi) is 9.69. The predicted octanol–water partition coefficient (Wildman–Crippen LogP) is 3.47. The van der Waals surface area contributed by atoms with E-state index in [1.165, 1.54) is 21.6 Å². The van der Waals surface area contributed by atoms with Gasteiger partial charge in [-0.25, -0.2) is 0 Å². The van der Waals surface area contributed by atoms with Crippen molar-refractivity contribution < 1.29 is 15.7 Å². The van der Waals surface area contributed by atoms with Crippen molar-refractivity contribution >= 4 is 29.0 Å². The molecule has 0 bridgehead atoms. The average Bonchev–Trinajstić information content (AvgIpc) is 2.47. The molecule has 0 amide bonds. The summed E-state index contributed by atoms with van der Waals surface area (Å²) in [4.78, 5) is 1.21. The third kappa shape index (κ3) is 6.15. The summed E-state index contributed by atoms with van der Waals surface area (Å²) in [6, 6.07) is 17.1. The Hall–Kier alpha value is -1.40. The van der Waals surface area contributed by atoms with Gasteiger partial charge < -0.3 is 15.7 Å². The summed E-state index contributed by atoms with van der Waals surface area (Å²) in [5.41, 5.74) is 3.77. The predicted molar refractivity (Wildman–Crippen MR) is 98.8 cm³/mol. The van der Waals surface area contributed by atoms with E-state index in [0.717, 1.165) is 5.75 Å². The molecule has 2 rings (SSSR count). The zero-order valence-electron chi connectivity index (χ0n) is 12.8. The maximum atomic E-state index is 5.28. The second kappa shape index (κ2) is 10.3. The molecule has 2 aromatic rings. The lowest BCUT2D eigenvalue weighted by molar-refractivity contribution is 0.335. The summed E-state index contributed by atoms with van der Waals surface area (Å²) < 4.78 is 5.28. The fraction of sp³-hybridized carbons (Fsp3) is 0.235. The second-order valence-electron chi connectivity index (χ2n) is 4.48. The zero-order chi connectivity index (χ0) is 14.4. The van der Waals surface area contributed by atoms with Crippen molar-refractivity contribution in [3.05, 3.63) is 54.1 Å². The van der Waals surface area contributed by atoms with Crippen molar-refractivity contribution in [3.8, 4) is 11.1 Å². The summed E-state index contributed by atoms with van der Waals surface area (Å²) in [6.45, 7) is 4.70. The fourth-order valence-corrected chi connectivity index (χ4v) is 2.83. The van der Waals surface area contributed by atoms with E-state index in [2.05, 4.69) is 55.5 Å². The zero-order valence-corrected chi connectivity index (χ0v) is 14.4. The van der Waals surface area contributed by atoms with Gasteiger partial charge in [0.25, 0.3) is 0 Å². The van der Waals surface area contributed by atoms with Gasteiger partial charge in [-0.05, 0) is 49.3 Å². The van der Waals surface area contributed by atoms with Crippen LogP contribution >= 0.6 is 24.0 Å². The molecule has 22 heavy (non-hydrogen) atoms. The van der Waals surface area contributed by atoms with Crippen LogP contribution in [0.25, 0.3) is 11.1 Å². The molecule has 0 fully saturated rings. The van der Waals surface area contributed by atoms with Crippen LogP contribution in [-0.2, 0) is 4.74 Å². The van der Waals surface area contributed by atoms with Crippen LogP contribution in [0, 0.1) is 6.92 Å². The SMILES string of the molecule is CCOC(=S)CSc1ccc(-c2ccc(C)cc2)cc1.O.O. The Labute approximate surface area is 141 Å². The Balaban J connectivity index is 0.00000220. The molecule has 0 aliphatic heterocycles. The van der Waals surface area contributed by atoms with E-state index in [1.807, 2.05) is 6.92 Å². The van der Waals surface area contributed by atoms with Crippen molar-refractivity contribution in [2.45, 2.75) is 18.7 Å². The van der Waals surface area contributed by atoms with Crippen molar-refractivity contribution in [1.29, 1.82) is 0 Å². The fourth-order valence-electron chi connectivity index (χ4n) is 1.83. The Morgan fingerprint density at radius 2 is 1.45 bits per heavy atom. The first kappa shape index (κ1) is 20.6. The molecule has 0 unspecified atom stereocenters. The van der Waals surface area contributed by atoms with E-state index >= 15 is 0 Å². The van der Waals surface area contributed by atoms with E-state index in [4.69, 9.17) is 17.0 Å². The number of ether oxygens (including phenoxy) is 1. The molecule has 3 nitrogen and oxygen atoms in total. The summed E-state index contributed by atoms with van der Waals surface area (Å²) in [5.74, 6) is 0.729. The maximum absolute atomic E-state index is 5.28. The monoisotopic (exact) mass is 338 g/mol. The summed E-state index contributed by atoms with van der Waals surface area (Å²) in [5, 5.41) is 0.667. The third-order valence-corrected chi connectivity index (χ3v) is 4.36. The van der Waals surface area contributed by atoms with E-state index in [9.17, 15) is 0 Å². The van der Waals surface area contributed by atoms with Gasteiger partial charge in [-0.3, -0.25) is 0 Å². The van der Waals surface area contributed by atoms with Gasteiger partial charge in [0.05, 0.1) is 12.4 Å². The highest BCUT2D eigenvalue weighted by Gasteiger charge is 2.01. The van der Waals surface area contributed by atoms with Gasteiger partial charge in [-0.15, -0.1) is 11.8 Å². The van der Waals surface area contributed by atoms with Gasteiger partial charge in [0, 0.05) is 4.90 Å². The molecule has 120 valence electrons. The lowest BCUT2D eigenvalue weighted by Crippen LogP contribution is -2.03. The molecule has 0 aliphatic carbocycles. The molecule has 0 saturated heterocycles. The van der Waals surface area contributed by atoms with Crippen LogP contribution in [0.1, 0.15) is 12.5 Å². The van der Waals surface area contributed by atoms with E-state index in [0.29, 0.717) is 11.7 Å². The van der Waals surface area contributed by atoms with Crippen molar-refractivity contribution in [2.24, 2.45) is 0 Å². The number of aryl methyl sites for hydroxylation is 1. The number of hydrogen-bond acceptors (Lipinski definition) is 3. The van der Waals surface area contributed by atoms with Gasteiger partial charge >= 0.3 is 0 Å². The minimum absolute atomic E-state index is 0. The Morgan fingerprint density at radius 3 is 1.95 bits per heavy atom. The van der Waals surface area contributed by atoms with Crippen molar-refractivity contribution in [1.82, 2.24) is 0 Å². The van der Waals surface area contributed by atoms with Gasteiger partial charge in [0.15, 0.2) is 5.05 Å². The third-order valence-electron chi connectivity index (χ3n) is 2.90. The number of hydrogen-bond donors (Lipinski definition) is 0. The average molecular weight is 338 g/mol. The summed E-state index contributed by atoms with van der Waals surface area (Å²) in [6.07, 6.45) is 0. The number of thioether (sulfide) groups is 1. The maximum Gasteiger partial charge on any atom is 0.169 e. The molecule has 2 aromatic carbocycles. The highest BCUT2D eigenvalue weighted by molar-refractivity contribution is 8.01. The number of benzene rings is 2. The first-order valence-corrected chi connectivity index (χ1v) is 8.04. The van der Waals surface area contributed by atoms with Gasteiger partial charge in [-0.1, -0.05) is 42.0 Å². The molecule has 4 N–H and O–H groups in total. The summed E-state index contributed by atoms with van der Waals surface area (Å²) in [7, 11) is 0. The van der Waals surface area contributed by atoms with E-state index in [1.54, 1.807) is 11.8 Å². The largest absolute Gasteiger partial charge is 0.486 e. The first-order chi connectivity index (χ1) is 9.69. The molecule has 0 spiro atoms. The lowest BCUT2D eigenvalue weighted by Gasteiger charge is -2.06. The highest BCUT2D eigenvalue weighted by Crippen LogP contribution is 2.24. The quantitative estimate of drug-likeness (QED) is 0.619.